The van der Waals surface area contributed by atoms with Gasteiger partial charge in [0.1, 0.15) is 5.01 Å². The summed E-state index contributed by atoms with van der Waals surface area (Å²) < 4.78 is 6.04. The summed E-state index contributed by atoms with van der Waals surface area (Å²) in [5, 5.41) is 3.77. The van der Waals surface area contributed by atoms with Crippen molar-refractivity contribution in [2.45, 2.75) is 6.54 Å². The average molecular weight is 376 g/mol. The molecule has 0 aliphatic heterocycles. The summed E-state index contributed by atoms with van der Waals surface area (Å²) in [5.41, 5.74) is 3.34. The van der Waals surface area contributed by atoms with Gasteiger partial charge in [-0.3, -0.25) is 9.78 Å². The lowest BCUT2D eigenvalue weighted by Crippen LogP contribution is -2.22. The Hall–Kier alpha value is -3.32. The predicted molar refractivity (Wildman–Crippen MR) is 105 cm³/mol. The van der Waals surface area contributed by atoms with Crippen LogP contribution in [-0.2, 0) is 6.54 Å². The number of carbonyl (C=O) groups is 1. The minimum atomic E-state index is -0.123. The first-order valence-electron chi connectivity index (χ1n) is 8.31. The Balaban J connectivity index is 1.54. The zero-order valence-electron chi connectivity index (χ0n) is 14.5. The molecule has 0 atom stereocenters. The summed E-state index contributed by atoms with van der Waals surface area (Å²) in [5.74, 6) is 0.439. The van der Waals surface area contributed by atoms with Crippen LogP contribution in [0.1, 0.15) is 15.9 Å². The quantitative estimate of drug-likeness (QED) is 0.575. The normalized spacial score (nSPS) is 10.7. The topological polar surface area (TPSA) is 77.0 Å². The van der Waals surface area contributed by atoms with Gasteiger partial charge in [0.05, 0.1) is 17.3 Å². The SMILES string of the molecule is COc1ccc(-c2nc3ccc(C(=O)NCc4cccnc4)cc3s2)cn1. The second-order valence-electron chi connectivity index (χ2n) is 5.83. The van der Waals surface area contributed by atoms with Crippen LogP contribution in [0.25, 0.3) is 20.8 Å². The van der Waals surface area contributed by atoms with Gasteiger partial charge in [0.25, 0.3) is 5.91 Å². The van der Waals surface area contributed by atoms with Crippen molar-refractivity contribution in [3.05, 3.63) is 72.2 Å². The lowest BCUT2D eigenvalue weighted by molar-refractivity contribution is 0.0951. The molecule has 6 nitrogen and oxygen atoms in total. The Morgan fingerprint density at radius 2 is 2.11 bits per heavy atom. The first-order valence-corrected chi connectivity index (χ1v) is 9.13. The average Bonchev–Trinajstić information content (AvgIpc) is 3.16. The van der Waals surface area contributed by atoms with E-state index in [1.165, 1.54) is 11.3 Å². The maximum atomic E-state index is 12.4. The van der Waals surface area contributed by atoms with Crippen LogP contribution in [0.15, 0.2) is 61.1 Å². The highest BCUT2D eigenvalue weighted by Crippen LogP contribution is 2.31. The van der Waals surface area contributed by atoms with E-state index >= 15 is 0 Å². The number of nitrogens with one attached hydrogen (secondary N) is 1. The third-order valence-electron chi connectivity index (χ3n) is 4.02. The number of nitrogens with zero attached hydrogens (tertiary/aromatic N) is 3. The molecule has 1 aromatic carbocycles. The molecule has 0 bridgehead atoms. The van der Waals surface area contributed by atoms with Gasteiger partial charge in [0.2, 0.25) is 5.88 Å². The summed E-state index contributed by atoms with van der Waals surface area (Å²) in [6, 6.07) is 13.0. The minimum Gasteiger partial charge on any atom is -0.481 e. The van der Waals surface area contributed by atoms with E-state index < -0.39 is 0 Å². The number of aromatic nitrogens is 3. The molecule has 3 heterocycles. The van der Waals surface area contributed by atoms with Gasteiger partial charge in [0, 0.05) is 42.3 Å². The Morgan fingerprint density at radius 3 is 2.85 bits per heavy atom. The summed E-state index contributed by atoms with van der Waals surface area (Å²) in [6.07, 6.45) is 5.18. The molecule has 0 spiro atoms. The third-order valence-corrected chi connectivity index (χ3v) is 5.09. The Kier molecular flexibility index (Phi) is 4.76. The number of fused-ring (bicyclic) bond motifs is 1. The van der Waals surface area contributed by atoms with E-state index in [-0.39, 0.29) is 5.91 Å². The molecule has 0 aliphatic rings. The number of hydrogen-bond donors (Lipinski definition) is 1. The standard InChI is InChI=1S/C20H16N4O2S/c1-26-18-7-5-15(12-22-18)20-24-16-6-4-14(9-17(16)27-20)19(25)23-11-13-3-2-8-21-10-13/h2-10,12H,11H2,1H3,(H,23,25). The van der Waals surface area contributed by atoms with Gasteiger partial charge in [-0.05, 0) is 35.9 Å². The molecular formula is C20H16N4O2S. The first-order chi connectivity index (χ1) is 13.2. The molecule has 4 aromatic rings. The van der Waals surface area contributed by atoms with Gasteiger partial charge in [-0.1, -0.05) is 6.07 Å². The highest BCUT2D eigenvalue weighted by Gasteiger charge is 2.11. The summed E-state index contributed by atoms with van der Waals surface area (Å²) in [4.78, 5) is 25.3. The molecule has 0 aliphatic carbocycles. The fourth-order valence-corrected chi connectivity index (χ4v) is 3.60. The van der Waals surface area contributed by atoms with Crippen LogP contribution in [0.5, 0.6) is 5.88 Å². The highest BCUT2D eigenvalue weighted by molar-refractivity contribution is 7.21. The fourth-order valence-electron chi connectivity index (χ4n) is 2.60. The molecule has 0 saturated heterocycles. The van der Waals surface area contributed by atoms with Gasteiger partial charge < -0.3 is 10.1 Å². The highest BCUT2D eigenvalue weighted by atomic mass is 32.1. The van der Waals surface area contributed by atoms with Crippen molar-refractivity contribution in [3.8, 4) is 16.5 Å². The smallest absolute Gasteiger partial charge is 0.251 e. The Labute approximate surface area is 159 Å². The van der Waals surface area contributed by atoms with E-state index in [4.69, 9.17) is 4.74 Å². The number of carbonyl (C=O) groups excluding carboxylic acids is 1. The molecule has 3 aromatic heterocycles. The van der Waals surface area contributed by atoms with E-state index in [0.29, 0.717) is 18.0 Å². The second kappa shape index (κ2) is 7.51. The number of benzene rings is 1. The Bertz CT molecular complexity index is 1080. The lowest BCUT2D eigenvalue weighted by Gasteiger charge is -2.04. The molecule has 0 fully saturated rings. The molecule has 4 rings (SSSR count). The maximum Gasteiger partial charge on any atom is 0.251 e. The first kappa shape index (κ1) is 17.1. The van der Waals surface area contributed by atoms with Gasteiger partial charge >= 0.3 is 0 Å². The zero-order valence-corrected chi connectivity index (χ0v) is 15.4. The molecule has 27 heavy (non-hydrogen) atoms. The number of ether oxygens (including phenoxy) is 1. The van der Waals surface area contributed by atoms with Crippen LogP contribution < -0.4 is 10.1 Å². The molecule has 0 saturated carbocycles. The predicted octanol–water partition coefficient (Wildman–Crippen LogP) is 3.69. The van der Waals surface area contributed by atoms with E-state index in [9.17, 15) is 4.79 Å². The molecular weight excluding hydrogens is 360 g/mol. The van der Waals surface area contributed by atoms with E-state index in [2.05, 4.69) is 20.3 Å². The van der Waals surface area contributed by atoms with Gasteiger partial charge in [-0.25, -0.2) is 9.97 Å². The van der Waals surface area contributed by atoms with Crippen LogP contribution in [0.4, 0.5) is 0 Å². The zero-order chi connectivity index (χ0) is 18.6. The number of rotatable bonds is 5. The summed E-state index contributed by atoms with van der Waals surface area (Å²) >= 11 is 1.53. The number of amides is 1. The van der Waals surface area contributed by atoms with E-state index in [1.807, 2.05) is 30.3 Å². The van der Waals surface area contributed by atoms with E-state index in [0.717, 1.165) is 26.4 Å². The summed E-state index contributed by atoms with van der Waals surface area (Å²) in [7, 11) is 1.58. The van der Waals surface area contributed by atoms with E-state index in [1.54, 1.807) is 37.8 Å². The van der Waals surface area contributed by atoms with Crippen molar-refractivity contribution >= 4 is 27.5 Å². The van der Waals surface area contributed by atoms with Crippen molar-refractivity contribution in [3.63, 3.8) is 0 Å². The fraction of sp³-hybridized carbons (Fsp3) is 0.100. The Morgan fingerprint density at radius 1 is 1.19 bits per heavy atom. The van der Waals surface area contributed by atoms with Crippen molar-refractivity contribution in [1.29, 1.82) is 0 Å². The second-order valence-corrected chi connectivity index (χ2v) is 6.87. The van der Waals surface area contributed by atoms with Gasteiger partial charge in [-0.15, -0.1) is 11.3 Å². The van der Waals surface area contributed by atoms with Crippen molar-refractivity contribution in [2.75, 3.05) is 7.11 Å². The van der Waals surface area contributed by atoms with Crippen LogP contribution in [0.3, 0.4) is 0 Å². The minimum absolute atomic E-state index is 0.123. The molecule has 1 N–H and O–H groups in total. The van der Waals surface area contributed by atoms with Crippen LogP contribution in [0.2, 0.25) is 0 Å². The van der Waals surface area contributed by atoms with Crippen LogP contribution >= 0.6 is 11.3 Å². The van der Waals surface area contributed by atoms with Gasteiger partial charge in [0.15, 0.2) is 0 Å². The lowest BCUT2D eigenvalue weighted by atomic mass is 10.2. The van der Waals surface area contributed by atoms with Gasteiger partial charge in [-0.2, -0.15) is 0 Å². The van der Waals surface area contributed by atoms with Crippen molar-refractivity contribution < 1.29 is 9.53 Å². The largest absolute Gasteiger partial charge is 0.481 e. The van der Waals surface area contributed by atoms with Crippen LogP contribution in [-0.4, -0.2) is 28.0 Å². The molecule has 134 valence electrons. The van der Waals surface area contributed by atoms with Crippen molar-refractivity contribution in [2.24, 2.45) is 0 Å². The molecule has 0 unspecified atom stereocenters. The molecule has 0 radical (unpaired) electrons. The maximum absolute atomic E-state index is 12.4. The summed E-state index contributed by atoms with van der Waals surface area (Å²) in [6.45, 7) is 0.441. The monoisotopic (exact) mass is 376 g/mol. The molecule has 7 heteroatoms. The number of methoxy groups -OCH3 is 1. The third kappa shape index (κ3) is 3.78. The van der Waals surface area contributed by atoms with Crippen molar-refractivity contribution in [1.82, 2.24) is 20.3 Å². The molecule has 1 amide bonds. The number of pyridine rings is 2. The number of thiazole rings is 1. The van der Waals surface area contributed by atoms with Crippen LogP contribution in [0, 0.1) is 0 Å². The number of hydrogen-bond acceptors (Lipinski definition) is 6.